The summed E-state index contributed by atoms with van der Waals surface area (Å²) in [6, 6.07) is 0. The second-order valence-corrected chi connectivity index (χ2v) is 4.56. The zero-order valence-corrected chi connectivity index (χ0v) is 9.29. The lowest BCUT2D eigenvalue weighted by atomic mass is 10.1. The van der Waals surface area contributed by atoms with Crippen LogP contribution >= 0.6 is 0 Å². The van der Waals surface area contributed by atoms with Crippen molar-refractivity contribution in [3.8, 4) is 0 Å². The SMILES string of the molecule is CN(C)C(=O)CCN1CCC(C)(O)C1. The van der Waals surface area contributed by atoms with E-state index in [1.807, 2.05) is 6.92 Å². The molecule has 0 bridgehead atoms. The number of amides is 1. The van der Waals surface area contributed by atoms with Crippen molar-refractivity contribution in [1.82, 2.24) is 9.80 Å². The fourth-order valence-corrected chi connectivity index (χ4v) is 1.71. The molecule has 14 heavy (non-hydrogen) atoms. The average Bonchev–Trinajstić information content (AvgIpc) is 2.41. The van der Waals surface area contributed by atoms with Gasteiger partial charge in [-0.3, -0.25) is 9.69 Å². The zero-order valence-electron chi connectivity index (χ0n) is 9.29. The zero-order chi connectivity index (χ0) is 10.8. The largest absolute Gasteiger partial charge is 0.389 e. The molecule has 0 aromatic rings. The fraction of sp³-hybridized carbons (Fsp3) is 0.900. The van der Waals surface area contributed by atoms with E-state index in [0.29, 0.717) is 13.0 Å². The van der Waals surface area contributed by atoms with Crippen LogP contribution in [0.1, 0.15) is 19.8 Å². The first kappa shape index (κ1) is 11.5. The first-order valence-electron chi connectivity index (χ1n) is 5.06. The molecule has 0 aromatic carbocycles. The Kier molecular flexibility index (Phi) is 3.50. The third-order valence-electron chi connectivity index (χ3n) is 2.67. The minimum Gasteiger partial charge on any atom is -0.389 e. The summed E-state index contributed by atoms with van der Waals surface area (Å²) in [4.78, 5) is 15.0. The molecule has 1 atom stereocenters. The molecule has 1 aliphatic heterocycles. The summed E-state index contributed by atoms with van der Waals surface area (Å²) in [6.45, 7) is 4.19. The van der Waals surface area contributed by atoms with Crippen LogP contribution in [-0.4, -0.2) is 60.1 Å². The Morgan fingerprint density at radius 3 is 2.64 bits per heavy atom. The maximum absolute atomic E-state index is 11.3. The molecule has 1 aliphatic rings. The summed E-state index contributed by atoms with van der Waals surface area (Å²) in [5.41, 5.74) is -0.554. The number of hydrogen-bond acceptors (Lipinski definition) is 3. The molecular weight excluding hydrogens is 180 g/mol. The van der Waals surface area contributed by atoms with Gasteiger partial charge in [0.25, 0.3) is 0 Å². The lowest BCUT2D eigenvalue weighted by Crippen LogP contribution is -2.32. The molecule has 1 fully saturated rings. The first-order valence-corrected chi connectivity index (χ1v) is 5.06. The number of rotatable bonds is 3. The van der Waals surface area contributed by atoms with E-state index in [0.717, 1.165) is 19.5 Å². The maximum atomic E-state index is 11.3. The van der Waals surface area contributed by atoms with E-state index in [1.165, 1.54) is 0 Å². The van der Waals surface area contributed by atoms with Gasteiger partial charge in [-0.2, -0.15) is 0 Å². The van der Waals surface area contributed by atoms with Crippen LogP contribution in [-0.2, 0) is 4.79 Å². The average molecular weight is 200 g/mol. The molecule has 0 aromatic heterocycles. The van der Waals surface area contributed by atoms with E-state index in [1.54, 1.807) is 19.0 Å². The van der Waals surface area contributed by atoms with Crippen LogP contribution in [0.2, 0.25) is 0 Å². The van der Waals surface area contributed by atoms with Crippen molar-refractivity contribution in [2.75, 3.05) is 33.7 Å². The van der Waals surface area contributed by atoms with Gasteiger partial charge >= 0.3 is 0 Å². The number of carbonyl (C=O) groups is 1. The Morgan fingerprint density at radius 2 is 2.21 bits per heavy atom. The predicted octanol–water partition coefficient (Wildman–Crippen LogP) is -0.0786. The van der Waals surface area contributed by atoms with Gasteiger partial charge in [0.05, 0.1) is 5.60 Å². The number of carbonyl (C=O) groups excluding carboxylic acids is 1. The van der Waals surface area contributed by atoms with Gasteiger partial charge in [-0.1, -0.05) is 0 Å². The first-order chi connectivity index (χ1) is 6.41. The molecule has 1 N–H and O–H groups in total. The standard InChI is InChI=1S/C10H20N2O2/c1-10(14)5-7-12(8-10)6-4-9(13)11(2)3/h14H,4-8H2,1-3H3. The molecule has 0 spiro atoms. The van der Waals surface area contributed by atoms with Crippen LogP contribution in [0.25, 0.3) is 0 Å². The third kappa shape index (κ3) is 3.27. The molecule has 0 radical (unpaired) electrons. The van der Waals surface area contributed by atoms with Crippen LogP contribution in [0.3, 0.4) is 0 Å². The molecule has 1 saturated heterocycles. The van der Waals surface area contributed by atoms with E-state index >= 15 is 0 Å². The summed E-state index contributed by atoms with van der Waals surface area (Å²) in [5.74, 6) is 0.150. The molecule has 1 unspecified atom stereocenters. The summed E-state index contributed by atoms with van der Waals surface area (Å²) in [6.07, 6.45) is 1.35. The Bertz CT molecular complexity index is 214. The van der Waals surface area contributed by atoms with Gasteiger partial charge in [0.1, 0.15) is 0 Å². The van der Waals surface area contributed by atoms with Crippen molar-refractivity contribution in [1.29, 1.82) is 0 Å². The second-order valence-electron chi connectivity index (χ2n) is 4.56. The number of nitrogens with zero attached hydrogens (tertiary/aromatic N) is 2. The van der Waals surface area contributed by atoms with Crippen LogP contribution in [0.15, 0.2) is 0 Å². The van der Waals surface area contributed by atoms with Crippen molar-refractivity contribution in [2.24, 2.45) is 0 Å². The Morgan fingerprint density at radius 1 is 1.57 bits per heavy atom. The number of likely N-dealkylation sites (tertiary alicyclic amines) is 1. The molecule has 4 heteroatoms. The van der Waals surface area contributed by atoms with Gasteiger partial charge in [-0.25, -0.2) is 0 Å². The van der Waals surface area contributed by atoms with E-state index in [2.05, 4.69) is 4.90 Å². The van der Waals surface area contributed by atoms with E-state index in [4.69, 9.17) is 0 Å². The number of aliphatic hydroxyl groups is 1. The summed E-state index contributed by atoms with van der Waals surface area (Å²) in [5, 5.41) is 9.70. The molecule has 0 aliphatic carbocycles. The summed E-state index contributed by atoms with van der Waals surface area (Å²) in [7, 11) is 3.53. The lowest BCUT2D eigenvalue weighted by molar-refractivity contribution is -0.129. The van der Waals surface area contributed by atoms with Crippen molar-refractivity contribution in [3.05, 3.63) is 0 Å². The minimum absolute atomic E-state index is 0.150. The molecule has 0 saturated carbocycles. The highest BCUT2D eigenvalue weighted by molar-refractivity contribution is 5.75. The summed E-state index contributed by atoms with van der Waals surface area (Å²) >= 11 is 0. The molecule has 1 rings (SSSR count). The lowest BCUT2D eigenvalue weighted by Gasteiger charge is -2.19. The third-order valence-corrected chi connectivity index (χ3v) is 2.67. The van der Waals surface area contributed by atoms with Crippen molar-refractivity contribution in [2.45, 2.75) is 25.4 Å². The highest BCUT2D eigenvalue weighted by atomic mass is 16.3. The molecular formula is C10H20N2O2. The van der Waals surface area contributed by atoms with Gasteiger partial charge in [0, 0.05) is 40.2 Å². The quantitative estimate of drug-likeness (QED) is 0.693. The molecule has 1 heterocycles. The van der Waals surface area contributed by atoms with Crippen molar-refractivity contribution in [3.63, 3.8) is 0 Å². The summed E-state index contributed by atoms with van der Waals surface area (Å²) < 4.78 is 0. The van der Waals surface area contributed by atoms with Crippen LogP contribution in [0, 0.1) is 0 Å². The van der Waals surface area contributed by atoms with Gasteiger partial charge in [-0.15, -0.1) is 0 Å². The van der Waals surface area contributed by atoms with E-state index < -0.39 is 5.60 Å². The molecule has 1 amide bonds. The van der Waals surface area contributed by atoms with Gasteiger partial charge in [0.2, 0.25) is 5.91 Å². The predicted molar refractivity (Wildman–Crippen MR) is 55.0 cm³/mol. The van der Waals surface area contributed by atoms with Crippen LogP contribution in [0.5, 0.6) is 0 Å². The minimum atomic E-state index is -0.554. The van der Waals surface area contributed by atoms with Crippen molar-refractivity contribution >= 4 is 5.91 Å². The Hall–Kier alpha value is -0.610. The van der Waals surface area contributed by atoms with Crippen molar-refractivity contribution < 1.29 is 9.90 Å². The fourth-order valence-electron chi connectivity index (χ4n) is 1.71. The Balaban J connectivity index is 2.24. The van der Waals surface area contributed by atoms with E-state index in [-0.39, 0.29) is 5.91 Å². The van der Waals surface area contributed by atoms with E-state index in [9.17, 15) is 9.90 Å². The monoisotopic (exact) mass is 200 g/mol. The Labute approximate surface area is 85.5 Å². The number of hydrogen-bond donors (Lipinski definition) is 1. The molecule has 4 nitrogen and oxygen atoms in total. The highest BCUT2D eigenvalue weighted by Crippen LogP contribution is 2.19. The van der Waals surface area contributed by atoms with Gasteiger partial charge in [0.15, 0.2) is 0 Å². The van der Waals surface area contributed by atoms with Crippen LogP contribution in [0.4, 0.5) is 0 Å². The smallest absolute Gasteiger partial charge is 0.223 e. The van der Waals surface area contributed by atoms with Gasteiger partial charge in [-0.05, 0) is 13.3 Å². The topological polar surface area (TPSA) is 43.8 Å². The second kappa shape index (κ2) is 4.28. The normalized spacial score (nSPS) is 28.0. The van der Waals surface area contributed by atoms with Gasteiger partial charge < -0.3 is 10.0 Å². The number of β-amino-alcohol motifs (C(OH)–C–C–N with tert-alkyl or cyclic N) is 1. The molecule has 82 valence electrons. The highest BCUT2D eigenvalue weighted by Gasteiger charge is 2.30. The van der Waals surface area contributed by atoms with Crippen LogP contribution < -0.4 is 0 Å². The maximum Gasteiger partial charge on any atom is 0.223 e.